The fourth-order valence-corrected chi connectivity index (χ4v) is 3.06. The van der Waals surface area contributed by atoms with Crippen LogP contribution >= 0.6 is 0 Å². The summed E-state index contributed by atoms with van der Waals surface area (Å²) in [4.78, 5) is 75.4. The van der Waals surface area contributed by atoms with E-state index in [0.717, 1.165) is 0 Å². The minimum absolute atomic E-state index is 0.0160. The number of carboxylic acid groups (broad SMARTS) is 2. The van der Waals surface area contributed by atoms with Crippen molar-refractivity contribution in [1.82, 2.24) is 16.0 Å². The zero-order chi connectivity index (χ0) is 28.7. The van der Waals surface area contributed by atoms with Crippen LogP contribution < -0.4 is 38.9 Å². The number of guanidine groups is 1. The number of nitrogens with one attached hydrogen (secondary N) is 3. The van der Waals surface area contributed by atoms with Gasteiger partial charge in [-0.25, -0.2) is 4.79 Å². The topological polar surface area (TPSA) is 295 Å². The Kier molecular flexibility index (Phi) is 14.9. The molecule has 210 valence electrons. The summed E-state index contributed by atoms with van der Waals surface area (Å²) in [6.45, 7) is 3.37. The highest BCUT2D eigenvalue weighted by Gasteiger charge is 2.32. The van der Waals surface area contributed by atoms with Gasteiger partial charge in [0.15, 0.2) is 5.96 Å². The first kappa shape index (κ1) is 33.0. The van der Waals surface area contributed by atoms with Crippen molar-refractivity contribution in [3.8, 4) is 0 Å². The van der Waals surface area contributed by atoms with E-state index in [9.17, 15) is 33.9 Å². The number of carbonyl (C=O) groups excluding carboxylic acids is 4. The maximum atomic E-state index is 12.9. The molecule has 0 rings (SSSR count). The molecule has 0 saturated carbocycles. The zero-order valence-electron chi connectivity index (χ0n) is 20.9. The summed E-state index contributed by atoms with van der Waals surface area (Å²) in [6, 6.07) is -5.03. The van der Waals surface area contributed by atoms with Crippen molar-refractivity contribution >= 4 is 41.5 Å². The Morgan fingerprint density at radius 2 is 1.38 bits per heavy atom. The quantitative estimate of drug-likeness (QED) is 0.0480. The van der Waals surface area contributed by atoms with E-state index in [1.807, 2.05) is 0 Å². The van der Waals surface area contributed by atoms with Crippen molar-refractivity contribution in [2.75, 3.05) is 6.54 Å². The van der Waals surface area contributed by atoms with Gasteiger partial charge < -0.3 is 49.1 Å². The third-order valence-electron chi connectivity index (χ3n) is 5.13. The highest BCUT2D eigenvalue weighted by Crippen LogP contribution is 2.08. The average Bonchev–Trinajstić information content (AvgIpc) is 2.79. The molecule has 37 heavy (non-hydrogen) atoms. The Balaban J connectivity index is 5.43. The summed E-state index contributed by atoms with van der Waals surface area (Å²) in [5, 5.41) is 25.4. The smallest absolute Gasteiger partial charge is 0.326 e. The highest BCUT2D eigenvalue weighted by molar-refractivity contribution is 5.94. The van der Waals surface area contributed by atoms with E-state index < -0.39 is 65.7 Å². The molecular formula is C21H38N8O8. The standard InChI is InChI=1S/C21H38N8O8/c1-10(2)16(19(35)28-13(20(36)37)4-3-9-26-21(24)25)29-18(34)12(6-7-14(23)30)27-17(33)11(22)5-8-15(31)32/h10-13,16H,3-9,22H2,1-2H3,(H2,23,30)(H,27,33)(H,28,35)(H,29,34)(H,31,32)(H,36,37)(H4,24,25,26). The second-order valence-electron chi connectivity index (χ2n) is 8.68. The highest BCUT2D eigenvalue weighted by atomic mass is 16.4. The third kappa shape index (κ3) is 14.3. The van der Waals surface area contributed by atoms with Crippen LogP contribution in [-0.2, 0) is 28.8 Å². The van der Waals surface area contributed by atoms with E-state index in [4.69, 9.17) is 28.0 Å². The average molecular weight is 531 g/mol. The predicted octanol–water partition coefficient (Wildman–Crippen LogP) is -3.31. The summed E-state index contributed by atoms with van der Waals surface area (Å²) in [6.07, 6.45) is -0.786. The van der Waals surface area contributed by atoms with Gasteiger partial charge in [0, 0.05) is 19.4 Å². The number of carbonyl (C=O) groups is 6. The molecule has 0 aliphatic heterocycles. The molecule has 0 aromatic heterocycles. The van der Waals surface area contributed by atoms with Gasteiger partial charge in [-0.1, -0.05) is 13.8 Å². The van der Waals surface area contributed by atoms with Crippen LogP contribution in [0.1, 0.15) is 52.4 Å². The van der Waals surface area contributed by atoms with Crippen molar-refractivity contribution < 1.29 is 39.0 Å². The minimum atomic E-state index is -1.32. The maximum absolute atomic E-state index is 12.9. The van der Waals surface area contributed by atoms with Crippen molar-refractivity contribution in [2.24, 2.45) is 33.8 Å². The number of aliphatic imine (C=N–C) groups is 1. The van der Waals surface area contributed by atoms with Crippen molar-refractivity contribution in [3.05, 3.63) is 0 Å². The van der Waals surface area contributed by atoms with Crippen LogP contribution in [-0.4, -0.2) is 82.5 Å². The lowest BCUT2D eigenvalue weighted by Crippen LogP contribution is -2.58. The zero-order valence-corrected chi connectivity index (χ0v) is 20.9. The number of hydrogen-bond donors (Lipinski definition) is 9. The van der Waals surface area contributed by atoms with E-state index in [-0.39, 0.29) is 51.0 Å². The van der Waals surface area contributed by atoms with Crippen LogP contribution in [0.2, 0.25) is 0 Å². The summed E-state index contributed by atoms with van der Waals surface area (Å²) >= 11 is 0. The molecule has 0 spiro atoms. The molecule has 13 N–H and O–H groups in total. The van der Waals surface area contributed by atoms with Gasteiger partial charge in [0.05, 0.1) is 6.04 Å². The van der Waals surface area contributed by atoms with E-state index in [1.54, 1.807) is 13.8 Å². The molecule has 16 heteroatoms. The molecule has 0 fully saturated rings. The Labute approximate surface area is 214 Å². The molecule has 4 atom stereocenters. The predicted molar refractivity (Wildman–Crippen MR) is 131 cm³/mol. The van der Waals surface area contributed by atoms with E-state index in [2.05, 4.69) is 20.9 Å². The van der Waals surface area contributed by atoms with E-state index in [0.29, 0.717) is 0 Å². The number of primary amides is 1. The van der Waals surface area contributed by atoms with Crippen LogP contribution in [0, 0.1) is 5.92 Å². The molecule has 0 bridgehead atoms. The first-order chi connectivity index (χ1) is 17.1. The van der Waals surface area contributed by atoms with Crippen molar-refractivity contribution in [2.45, 2.75) is 76.5 Å². The number of nitrogens with two attached hydrogens (primary N) is 4. The first-order valence-electron chi connectivity index (χ1n) is 11.6. The van der Waals surface area contributed by atoms with Gasteiger partial charge in [-0.15, -0.1) is 0 Å². The second kappa shape index (κ2) is 16.7. The van der Waals surface area contributed by atoms with Gasteiger partial charge in [-0.05, 0) is 31.6 Å². The van der Waals surface area contributed by atoms with Gasteiger partial charge in [0.1, 0.15) is 18.1 Å². The van der Waals surface area contributed by atoms with Crippen LogP contribution in [0.5, 0.6) is 0 Å². The number of rotatable bonds is 18. The number of carboxylic acids is 2. The molecule has 4 unspecified atom stereocenters. The number of amides is 4. The molecule has 0 radical (unpaired) electrons. The fraction of sp³-hybridized carbons (Fsp3) is 0.667. The minimum Gasteiger partial charge on any atom is -0.481 e. The lowest BCUT2D eigenvalue weighted by molar-refractivity contribution is -0.143. The first-order valence-corrected chi connectivity index (χ1v) is 11.6. The summed E-state index contributed by atoms with van der Waals surface area (Å²) < 4.78 is 0. The molecule has 0 aliphatic rings. The van der Waals surface area contributed by atoms with Gasteiger partial charge >= 0.3 is 11.9 Å². The maximum Gasteiger partial charge on any atom is 0.326 e. The molecule has 4 amide bonds. The number of nitrogens with zero attached hydrogens (tertiary/aromatic N) is 1. The van der Waals surface area contributed by atoms with E-state index in [1.165, 1.54) is 0 Å². The molecule has 0 heterocycles. The molecular weight excluding hydrogens is 492 g/mol. The van der Waals surface area contributed by atoms with Crippen molar-refractivity contribution in [1.29, 1.82) is 0 Å². The molecule has 0 saturated heterocycles. The molecule has 0 aliphatic carbocycles. The summed E-state index contributed by atoms with van der Waals surface area (Å²) in [5.41, 5.74) is 21.3. The van der Waals surface area contributed by atoms with Crippen LogP contribution in [0.25, 0.3) is 0 Å². The largest absolute Gasteiger partial charge is 0.481 e. The Morgan fingerprint density at radius 1 is 0.784 bits per heavy atom. The summed E-state index contributed by atoms with van der Waals surface area (Å²) in [7, 11) is 0. The molecule has 0 aromatic carbocycles. The Bertz CT molecular complexity index is 859. The fourth-order valence-electron chi connectivity index (χ4n) is 3.06. The van der Waals surface area contributed by atoms with Crippen LogP contribution in [0.15, 0.2) is 4.99 Å². The van der Waals surface area contributed by atoms with Gasteiger partial charge in [0.25, 0.3) is 0 Å². The Hall–Kier alpha value is -3.95. The normalized spacial score (nSPS) is 13.9. The van der Waals surface area contributed by atoms with Gasteiger partial charge in [0.2, 0.25) is 23.6 Å². The van der Waals surface area contributed by atoms with Gasteiger partial charge in [-0.3, -0.25) is 29.0 Å². The molecule has 0 aromatic rings. The Morgan fingerprint density at radius 3 is 1.86 bits per heavy atom. The second-order valence-corrected chi connectivity index (χ2v) is 8.68. The number of aliphatic carboxylic acids is 2. The van der Waals surface area contributed by atoms with Crippen molar-refractivity contribution in [3.63, 3.8) is 0 Å². The third-order valence-corrected chi connectivity index (χ3v) is 5.13. The lowest BCUT2D eigenvalue weighted by atomic mass is 10.0. The van der Waals surface area contributed by atoms with Crippen LogP contribution in [0.4, 0.5) is 0 Å². The lowest BCUT2D eigenvalue weighted by Gasteiger charge is -2.27. The SMILES string of the molecule is CC(C)C(NC(=O)C(CCC(N)=O)NC(=O)C(N)CCC(=O)O)C(=O)NC(CCCN=C(N)N)C(=O)O. The van der Waals surface area contributed by atoms with Gasteiger partial charge in [-0.2, -0.15) is 0 Å². The van der Waals surface area contributed by atoms with E-state index >= 15 is 0 Å². The molecule has 16 nitrogen and oxygen atoms in total. The number of hydrogen-bond acceptors (Lipinski definition) is 8. The van der Waals surface area contributed by atoms with Crippen LogP contribution in [0.3, 0.4) is 0 Å². The summed E-state index contributed by atoms with van der Waals surface area (Å²) in [5.74, 6) is -6.30. The monoisotopic (exact) mass is 530 g/mol.